The summed E-state index contributed by atoms with van der Waals surface area (Å²) in [6.45, 7) is 5.22. The Kier molecular flexibility index (Phi) is 5.73. The second-order valence-electron chi connectivity index (χ2n) is 8.58. The Labute approximate surface area is 188 Å². The van der Waals surface area contributed by atoms with E-state index in [4.69, 9.17) is 9.97 Å². The predicted molar refractivity (Wildman–Crippen MR) is 129 cm³/mol. The third-order valence-electron chi connectivity index (χ3n) is 6.04. The third-order valence-corrected chi connectivity index (χ3v) is 6.04. The van der Waals surface area contributed by atoms with E-state index in [-0.39, 0.29) is 0 Å². The molecule has 2 N–H and O–H groups in total. The van der Waals surface area contributed by atoms with Crippen LogP contribution in [0.25, 0.3) is 11.0 Å². The molecule has 5 rings (SSSR count). The van der Waals surface area contributed by atoms with Crippen LogP contribution in [0.1, 0.15) is 24.0 Å². The number of anilines is 3. The number of piperidine rings is 1. The van der Waals surface area contributed by atoms with Gasteiger partial charge in [0, 0.05) is 38.4 Å². The molecule has 4 aromatic rings. The molecule has 0 aliphatic carbocycles. The minimum absolute atomic E-state index is 0.361. The zero-order valence-corrected chi connectivity index (χ0v) is 18.6. The molecule has 1 aliphatic heterocycles. The van der Waals surface area contributed by atoms with Crippen molar-refractivity contribution in [3.05, 3.63) is 71.9 Å². The smallest absolute Gasteiger partial charge is 0.226 e. The molecule has 164 valence electrons. The number of hydrogen-bond acceptors (Lipinski definition) is 6. The van der Waals surface area contributed by atoms with Crippen molar-refractivity contribution < 1.29 is 0 Å². The average molecular weight is 428 g/mol. The van der Waals surface area contributed by atoms with E-state index in [1.165, 1.54) is 11.1 Å². The topological polar surface area (TPSA) is 70.9 Å². The zero-order chi connectivity index (χ0) is 21.9. The van der Waals surface area contributed by atoms with E-state index in [2.05, 4.69) is 70.0 Å². The van der Waals surface area contributed by atoms with E-state index in [1.54, 1.807) is 4.68 Å². The molecule has 1 aliphatic rings. The lowest BCUT2D eigenvalue weighted by Crippen LogP contribution is -2.39. The third kappa shape index (κ3) is 4.57. The van der Waals surface area contributed by atoms with Gasteiger partial charge in [0.2, 0.25) is 5.95 Å². The minimum Gasteiger partial charge on any atom is -0.351 e. The molecule has 0 bridgehead atoms. The Balaban J connectivity index is 1.30. The molecule has 1 saturated heterocycles. The van der Waals surface area contributed by atoms with Crippen molar-refractivity contribution in [3.63, 3.8) is 0 Å². The van der Waals surface area contributed by atoms with Crippen LogP contribution in [0, 0.1) is 6.92 Å². The molecule has 7 nitrogen and oxygen atoms in total. The van der Waals surface area contributed by atoms with Crippen LogP contribution < -0.4 is 10.6 Å². The van der Waals surface area contributed by atoms with Crippen molar-refractivity contribution in [2.45, 2.75) is 32.4 Å². The van der Waals surface area contributed by atoms with E-state index < -0.39 is 0 Å². The van der Waals surface area contributed by atoms with Crippen molar-refractivity contribution in [2.75, 3.05) is 23.7 Å². The maximum absolute atomic E-state index is 4.82. The number of nitrogens with one attached hydrogen (secondary N) is 2. The molecular formula is C25H29N7. The minimum atomic E-state index is 0.361. The maximum Gasteiger partial charge on any atom is 0.226 e. The molecule has 0 radical (unpaired) electrons. The van der Waals surface area contributed by atoms with Gasteiger partial charge in [-0.15, -0.1) is 0 Å². The lowest BCUT2D eigenvalue weighted by molar-refractivity contribution is 0.211. The number of aromatic nitrogens is 4. The Morgan fingerprint density at radius 1 is 1.00 bits per heavy atom. The van der Waals surface area contributed by atoms with Gasteiger partial charge in [-0.05, 0) is 43.0 Å². The van der Waals surface area contributed by atoms with Gasteiger partial charge in [-0.3, -0.25) is 9.58 Å². The Morgan fingerprint density at radius 3 is 2.59 bits per heavy atom. The maximum atomic E-state index is 4.82. The number of benzene rings is 2. The Bertz CT molecular complexity index is 1190. The second kappa shape index (κ2) is 8.96. The largest absolute Gasteiger partial charge is 0.351 e. The number of nitrogens with zero attached hydrogens (tertiary/aromatic N) is 5. The van der Waals surface area contributed by atoms with Crippen LogP contribution in [0.4, 0.5) is 17.5 Å². The Hall–Kier alpha value is -3.45. The summed E-state index contributed by atoms with van der Waals surface area (Å²) in [6.07, 6.45) is 3.96. The molecule has 0 unspecified atom stereocenters. The summed E-state index contributed by atoms with van der Waals surface area (Å²) in [5.41, 5.74) is 4.40. The summed E-state index contributed by atoms with van der Waals surface area (Å²) in [4.78, 5) is 12.1. The SMILES string of the molecule is Cc1cccc(Nc2nc(NC3CCN(Cc4ccccc4)CC3)nc3c2cnn3C)c1. The van der Waals surface area contributed by atoms with Crippen LogP contribution in [0.15, 0.2) is 60.8 Å². The second-order valence-corrected chi connectivity index (χ2v) is 8.58. The van der Waals surface area contributed by atoms with Gasteiger partial charge in [0.25, 0.3) is 0 Å². The molecule has 2 aromatic heterocycles. The van der Waals surface area contributed by atoms with E-state index in [0.29, 0.717) is 12.0 Å². The molecule has 3 heterocycles. The fraction of sp³-hybridized carbons (Fsp3) is 0.320. The van der Waals surface area contributed by atoms with Crippen molar-refractivity contribution in [1.82, 2.24) is 24.6 Å². The highest BCUT2D eigenvalue weighted by molar-refractivity contribution is 5.89. The summed E-state index contributed by atoms with van der Waals surface area (Å²) in [7, 11) is 1.91. The number of aryl methyl sites for hydroxylation is 2. The van der Waals surface area contributed by atoms with Crippen LogP contribution in [0.3, 0.4) is 0 Å². The fourth-order valence-corrected chi connectivity index (χ4v) is 4.30. The van der Waals surface area contributed by atoms with E-state index in [0.717, 1.165) is 55.0 Å². The quantitative estimate of drug-likeness (QED) is 0.472. The molecule has 0 atom stereocenters. The van der Waals surface area contributed by atoms with Crippen molar-refractivity contribution in [2.24, 2.45) is 7.05 Å². The van der Waals surface area contributed by atoms with Gasteiger partial charge in [0.15, 0.2) is 5.65 Å². The number of likely N-dealkylation sites (tertiary alicyclic amines) is 1. The molecule has 0 spiro atoms. The van der Waals surface area contributed by atoms with Crippen molar-refractivity contribution in [1.29, 1.82) is 0 Å². The number of rotatable bonds is 6. The highest BCUT2D eigenvalue weighted by Crippen LogP contribution is 2.26. The van der Waals surface area contributed by atoms with Gasteiger partial charge in [0.1, 0.15) is 5.82 Å². The van der Waals surface area contributed by atoms with E-state index in [9.17, 15) is 0 Å². The van der Waals surface area contributed by atoms with Crippen LogP contribution in [0.2, 0.25) is 0 Å². The van der Waals surface area contributed by atoms with E-state index >= 15 is 0 Å². The van der Waals surface area contributed by atoms with Gasteiger partial charge in [0.05, 0.1) is 11.6 Å². The van der Waals surface area contributed by atoms with Crippen molar-refractivity contribution in [3.8, 4) is 0 Å². The van der Waals surface area contributed by atoms with Gasteiger partial charge in [-0.1, -0.05) is 42.5 Å². The molecule has 2 aromatic carbocycles. The van der Waals surface area contributed by atoms with Gasteiger partial charge in [-0.25, -0.2) is 0 Å². The summed E-state index contributed by atoms with van der Waals surface area (Å²) in [5, 5.41) is 12.3. The van der Waals surface area contributed by atoms with Gasteiger partial charge in [-0.2, -0.15) is 15.1 Å². The van der Waals surface area contributed by atoms with Crippen molar-refractivity contribution >= 4 is 28.5 Å². The first-order valence-electron chi connectivity index (χ1n) is 11.2. The lowest BCUT2D eigenvalue weighted by atomic mass is 10.0. The molecule has 0 amide bonds. The van der Waals surface area contributed by atoms with Crippen LogP contribution in [-0.2, 0) is 13.6 Å². The normalized spacial score (nSPS) is 15.2. The molecular weight excluding hydrogens is 398 g/mol. The lowest BCUT2D eigenvalue weighted by Gasteiger charge is -2.32. The zero-order valence-electron chi connectivity index (χ0n) is 18.6. The van der Waals surface area contributed by atoms with Crippen LogP contribution >= 0.6 is 0 Å². The number of fused-ring (bicyclic) bond motifs is 1. The highest BCUT2D eigenvalue weighted by atomic mass is 15.3. The standard InChI is InChI=1S/C25H29N7/c1-18-7-6-10-21(15-18)27-23-22-16-26-31(2)24(22)30-25(29-23)28-20-11-13-32(14-12-20)17-19-8-4-3-5-9-19/h3-10,15-16,20H,11-14,17H2,1-2H3,(H2,27,28,29,30). The molecule has 0 saturated carbocycles. The molecule has 1 fully saturated rings. The first-order valence-corrected chi connectivity index (χ1v) is 11.2. The predicted octanol–water partition coefficient (Wildman–Crippen LogP) is 4.49. The first kappa shape index (κ1) is 20.5. The molecule has 7 heteroatoms. The van der Waals surface area contributed by atoms with Gasteiger partial charge >= 0.3 is 0 Å². The monoisotopic (exact) mass is 427 g/mol. The summed E-state index contributed by atoms with van der Waals surface area (Å²) >= 11 is 0. The molecule has 32 heavy (non-hydrogen) atoms. The summed E-state index contributed by atoms with van der Waals surface area (Å²) < 4.78 is 1.80. The fourth-order valence-electron chi connectivity index (χ4n) is 4.30. The van der Waals surface area contributed by atoms with E-state index in [1.807, 2.05) is 25.4 Å². The van der Waals surface area contributed by atoms with Gasteiger partial charge < -0.3 is 10.6 Å². The summed E-state index contributed by atoms with van der Waals surface area (Å²) in [6, 6.07) is 19.3. The van der Waals surface area contributed by atoms with Crippen LogP contribution in [-0.4, -0.2) is 43.8 Å². The summed E-state index contributed by atoms with van der Waals surface area (Å²) in [5.74, 6) is 1.43. The first-order chi connectivity index (χ1) is 15.6. The average Bonchev–Trinajstić information content (AvgIpc) is 3.17. The van der Waals surface area contributed by atoms with Crippen LogP contribution in [0.5, 0.6) is 0 Å². The number of hydrogen-bond donors (Lipinski definition) is 2. The Morgan fingerprint density at radius 2 is 1.81 bits per heavy atom. The highest BCUT2D eigenvalue weighted by Gasteiger charge is 2.21.